The fourth-order valence-corrected chi connectivity index (χ4v) is 2.94. The summed E-state index contributed by atoms with van der Waals surface area (Å²) in [6.45, 7) is 3.82. The van der Waals surface area contributed by atoms with Gasteiger partial charge in [0.05, 0.1) is 0 Å². The van der Waals surface area contributed by atoms with Crippen LogP contribution in [0.4, 0.5) is 0 Å². The van der Waals surface area contributed by atoms with Gasteiger partial charge in [-0.15, -0.1) is 0 Å². The molecule has 0 fully saturated rings. The topological polar surface area (TPSA) is 52.5 Å². The van der Waals surface area contributed by atoms with Gasteiger partial charge in [0.2, 0.25) is 0 Å². The Balaban J connectivity index is 2.11. The van der Waals surface area contributed by atoms with Crippen LogP contribution in [0.15, 0.2) is 36.4 Å². The van der Waals surface area contributed by atoms with Gasteiger partial charge in [-0.05, 0) is 48.7 Å². The number of phenolic OH excluding ortho intramolecular Hbond substituents is 2. The monoisotopic (exact) mass is 269 g/mol. The van der Waals surface area contributed by atoms with E-state index in [0.29, 0.717) is 0 Å². The van der Waals surface area contributed by atoms with Gasteiger partial charge in [0.1, 0.15) is 0 Å². The average molecular weight is 269 g/mol. The third kappa shape index (κ3) is 2.37. The van der Waals surface area contributed by atoms with Crippen LogP contribution in [-0.2, 0) is 6.42 Å². The zero-order chi connectivity index (χ0) is 14.1. The van der Waals surface area contributed by atoms with Crippen LogP contribution >= 0.6 is 0 Å². The lowest BCUT2D eigenvalue weighted by Gasteiger charge is -2.19. The lowest BCUT2D eigenvalue weighted by atomic mass is 9.87. The van der Waals surface area contributed by atoms with Crippen molar-refractivity contribution in [3.8, 4) is 11.5 Å². The van der Waals surface area contributed by atoms with Crippen LogP contribution in [0.25, 0.3) is 0 Å². The summed E-state index contributed by atoms with van der Waals surface area (Å²) in [5.74, 6) is 0.135. The highest BCUT2D eigenvalue weighted by Gasteiger charge is 2.22. The van der Waals surface area contributed by atoms with E-state index < -0.39 is 0 Å². The van der Waals surface area contributed by atoms with Crippen LogP contribution in [0.3, 0.4) is 0 Å². The predicted molar refractivity (Wildman–Crippen MR) is 79.4 cm³/mol. The molecule has 104 valence electrons. The largest absolute Gasteiger partial charge is 0.504 e. The Morgan fingerprint density at radius 3 is 2.70 bits per heavy atom. The molecule has 0 radical (unpaired) electrons. The lowest BCUT2D eigenvalue weighted by Crippen LogP contribution is -2.20. The van der Waals surface area contributed by atoms with E-state index in [1.165, 1.54) is 11.1 Å². The Labute approximate surface area is 118 Å². The predicted octanol–water partition coefficient (Wildman–Crippen LogP) is 2.68. The molecule has 1 aliphatic rings. The van der Waals surface area contributed by atoms with Crippen molar-refractivity contribution in [2.75, 3.05) is 13.1 Å². The molecule has 3 N–H and O–H groups in total. The van der Waals surface area contributed by atoms with Gasteiger partial charge in [-0.2, -0.15) is 0 Å². The van der Waals surface area contributed by atoms with Crippen molar-refractivity contribution in [1.29, 1.82) is 0 Å². The maximum absolute atomic E-state index is 9.82. The van der Waals surface area contributed by atoms with Gasteiger partial charge in [-0.3, -0.25) is 0 Å². The Hall–Kier alpha value is -2.00. The van der Waals surface area contributed by atoms with Crippen LogP contribution in [-0.4, -0.2) is 23.3 Å². The molecule has 3 heteroatoms. The summed E-state index contributed by atoms with van der Waals surface area (Å²) in [5.41, 5.74) is 4.69. The number of nitrogens with one attached hydrogen (secondary N) is 1. The number of aromatic hydroxyl groups is 2. The zero-order valence-corrected chi connectivity index (χ0v) is 11.6. The molecule has 1 unspecified atom stereocenters. The zero-order valence-electron chi connectivity index (χ0n) is 11.6. The van der Waals surface area contributed by atoms with E-state index in [1.807, 2.05) is 0 Å². The highest BCUT2D eigenvalue weighted by atomic mass is 16.3. The summed E-state index contributed by atoms with van der Waals surface area (Å²) in [6.07, 6.45) is 0.867. The highest BCUT2D eigenvalue weighted by Crippen LogP contribution is 2.36. The number of benzene rings is 2. The van der Waals surface area contributed by atoms with Gasteiger partial charge in [-0.25, -0.2) is 0 Å². The first-order valence-electron chi connectivity index (χ1n) is 6.97. The second kappa shape index (κ2) is 5.17. The summed E-state index contributed by atoms with van der Waals surface area (Å²) < 4.78 is 0. The molecule has 1 aliphatic heterocycles. The van der Waals surface area contributed by atoms with Gasteiger partial charge in [-0.1, -0.05) is 29.8 Å². The minimum atomic E-state index is -0.0386. The second-order valence-electron chi connectivity index (χ2n) is 5.46. The summed E-state index contributed by atoms with van der Waals surface area (Å²) in [5, 5.41) is 23.0. The molecule has 0 aromatic heterocycles. The number of hydrogen-bond acceptors (Lipinski definition) is 3. The number of aryl methyl sites for hydroxylation is 1. The van der Waals surface area contributed by atoms with Gasteiger partial charge >= 0.3 is 0 Å². The van der Waals surface area contributed by atoms with Crippen molar-refractivity contribution >= 4 is 0 Å². The van der Waals surface area contributed by atoms with Crippen LogP contribution < -0.4 is 5.32 Å². The van der Waals surface area contributed by atoms with Gasteiger partial charge in [0.25, 0.3) is 0 Å². The first-order chi connectivity index (χ1) is 9.65. The average Bonchev–Trinajstić information content (AvgIpc) is 2.62. The Morgan fingerprint density at radius 1 is 1.10 bits per heavy atom. The molecule has 0 amide bonds. The Bertz CT molecular complexity index is 637. The second-order valence-corrected chi connectivity index (χ2v) is 5.46. The van der Waals surface area contributed by atoms with Gasteiger partial charge < -0.3 is 15.5 Å². The SMILES string of the molecule is Cc1cccc(C2CNCCc3cc(O)c(O)cc32)c1. The normalized spacial score (nSPS) is 18.4. The van der Waals surface area contributed by atoms with Crippen LogP contribution in [0.5, 0.6) is 11.5 Å². The molecule has 0 aliphatic carbocycles. The highest BCUT2D eigenvalue weighted by molar-refractivity contribution is 5.50. The van der Waals surface area contributed by atoms with Crippen molar-refractivity contribution in [2.24, 2.45) is 0 Å². The molecule has 1 heterocycles. The van der Waals surface area contributed by atoms with E-state index in [9.17, 15) is 10.2 Å². The van der Waals surface area contributed by atoms with E-state index in [4.69, 9.17) is 0 Å². The summed E-state index contributed by atoms with van der Waals surface area (Å²) in [7, 11) is 0. The molecule has 0 spiro atoms. The molecule has 0 saturated heterocycles. The quantitative estimate of drug-likeness (QED) is 0.698. The maximum atomic E-state index is 9.82. The summed E-state index contributed by atoms with van der Waals surface area (Å²) in [6, 6.07) is 11.9. The van der Waals surface area contributed by atoms with Crippen molar-refractivity contribution < 1.29 is 10.2 Å². The minimum Gasteiger partial charge on any atom is -0.504 e. The Morgan fingerprint density at radius 2 is 1.90 bits per heavy atom. The first kappa shape index (κ1) is 13.0. The number of hydrogen-bond donors (Lipinski definition) is 3. The van der Waals surface area contributed by atoms with Crippen LogP contribution in [0, 0.1) is 6.92 Å². The summed E-state index contributed by atoms with van der Waals surface area (Å²) >= 11 is 0. The van der Waals surface area contributed by atoms with Crippen molar-refractivity contribution in [3.63, 3.8) is 0 Å². The van der Waals surface area contributed by atoms with Crippen LogP contribution in [0.1, 0.15) is 28.2 Å². The number of fused-ring (bicyclic) bond motifs is 1. The molecular weight excluding hydrogens is 250 g/mol. The lowest BCUT2D eigenvalue weighted by molar-refractivity contribution is 0.402. The van der Waals surface area contributed by atoms with E-state index in [2.05, 4.69) is 36.5 Å². The molecule has 2 aromatic carbocycles. The fraction of sp³-hybridized carbons (Fsp3) is 0.294. The van der Waals surface area contributed by atoms with E-state index in [0.717, 1.165) is 30.6 Å². The third-order valence-corrected chi connectivity index (χ3v) is 3.98. The van der Waals surface area contributed by atoms with E-state index in [1.54, 1.807) is 12.1 Å². The fourth-order valence-electron chi connectivity index (χ4n) is 2.94. The smallest absolute Gasteiger partial charge is 0.157 e. The maximum Gasteiger partial charge on any atom is 0.157 e. The van der Waals surface area contributed by atoms with Crippen molar-refractivity contribution in [2.45, 2.75) is 19.3 Å². The number of phenols is 2. The standard InChI is InChI=1S/C17H19NO2/c1-11-3-2-4-12(7-11)15-10-18-6-5-13-8-16(19)17(20)9-14(13)15/h2-4,7-9,15,18-20H,5-6,10H2,1H3. The molecule has 2 aromatic rings. The molecule has 0 saturated carbocycles. The Kier molecular flexibility index (Phi) is 3.36. The minimum absolute atomic E-state index is 0.0337. The van der Waals surface area contributed by atoms with Crippen LogP contribution in [0.2, 0.25) is 0 Å². The molecular formula is C17H19NO2. The summed E-state index contributed by atoms with van der Waals surface area (Å²) in [4.78, 5) is 0. The molecule has 3 rings (SSSR count). The molecule has 20 heavy (non-hydrogen) atoms. The molecule has 3 nitrogen and oxygen atoms in total. The molecule has 1 atom stereocenters. The first-order valence-corrected chi connectivity index (χ1v) is 6.97. The van der Waals surface area contributed by atoms with Gasteiger partial charge in [0, 0.05) is 12.5 Å². The van der Waals surface area contributed by atoms with Crippen molar-refractivity contribution in [1.82, 2.24) is 5.32 Å². The van der Waals surface area contributed by atoms with Gasteiger partial charge in [0.15, 0.2) is 11.5 Å². The number of rotatable bonds is 1. The van der Waals surface area contributed by atoms with E-state index in [-0.39, 0.29) is 17.4 Å². The van der Waals surface area contributed by atoms with E-state index >= 15 is 0 Å². The van der Waals surface area contributed by atoms with Crippen molar-refractivity contribution in [3.05, 3.63) is 58.7 Å². The third-order valence-electron chi connectivity index (χ3n) is 3.98. The molecule has 0 bridgehead atoms.